The van der Waals surface area contributed by atoms with Gasteiger partial charge in [-0.3, -0.25) is 0 Å². The average Bonchev–Trinajstić information content (AvgIpc) is 2.33. The van der Waals surface area contributed by atoms with Gasteiger partial charge in [-0.25, -0.2) is 31.6 Å². The molecule has 0 fully saturated rings. The molecule has 0 aliphatic heterocycles. The molecule has 0 aromatic heterocycles. The molecule has 0 atom stereocenters. The van der Waals surface area contributed by atoms with Crippen molar-refractivity contribution in [3.8, 4) is 39.4 Å². The van der Waals surface area contributed by atoms with Crippen LogP contribution < -0.4 is 51.4 Å². The molecule has 0 heterocycles. The summed E-state index contributed by atoms with van der Waals surface area (Å²) in [4.78, 5) is 0. The van der Waals surface area contributed by atoms with Gasteiger partial charge in [0.25, 0.3) is 0 Å². The third kappa shape index (κ3) is 177000. The van der Waals surface area contributed by atoms with Gasteiger partial charge in [0.05, 0.1) is 0 Å². The normalized spacial score (nSPS) is 0.800. The SMILES string of the molecule is C#N.C#N.C#N.C#N.C#N.C#N.[Fe].[H-].[K+].[SnH2]. The Bertz CT molecular complexity index is 108. The Morgan fingerprint density at radius 2 is 0.467 bits per heavy atom. The van der Waals surface area contributed by atoms with Crippen LogP contribution in [0, 0.1) is 71.0 Å². The minimum atomic E-state index is 0. The Hall–Kier alpha value is -0.105. The van der Waals surface area contributed by atoms with E-state index in [4.69, 9.17) is 31.6 Å². The van der Waals surface area contributed by atoms with Crippen LogP contribution in [0.4, 0.5) is 0 Å². The molecule has 0 aromatic rings. The molecule has 0 unspecified atom stereocenters. The van der Waals surface area contributed by atoms with E-state index in [1.807, 2.05) is 0 Å². The third-order valence-electron chi connectivity index (χ3n) is 0. The minimum absolute atomic E-state index is 0. The molecular formula is C6H9FeKN6Sn. The van der Waals surface area contributed by atoms with E-state index in [0.29, 0.717) is 0 Å². The number of hydrogen-bond donors (Lipinski definition) is 0. The Balaban J connectivity index is -0.00000000321. The van der Waals surface area contributed by atoms with Gasteiger partial charge in [-0.15, -0.1) is 0 Å². The zero-order valence-corrected chi connectivity index (χ0v) is 16.5. The van der Waals surface area contributed by atoms with Crippen molar-refractivity contribution in [2.24, 2.45) is 0 Å². The summed E-state index contributed by atoms with van der Waals surface area (Å²) in [5.74, 6) is 0. The van der Waals surface area contributed by atoms with E-state index >= 15 is 0 Å². The molecule has 0 spiro atoms. The quantitative estimate of drug-likeness (QED) is 0.412. The van der Waals surface area contributed by atoms with Gasteiger partial charge in [0.2, 0.25) is 0 Å². The van der Waals surface area contributed by atoms with Crippen molar-refractivity contribution in [1.82, 2.24) is 0 Å². The van der Waals surface area contributed by atoms with Crippen molar-refractivity contribution in [3.63, 3.8) is 0 Å². The van der Waals surface area contributed by atoms with Crippen molar-refractivity contribution >= 4 is 23.9 Å². The number of nitrogens with zero attached hydrogens (tertiary/aromatic N) is 6. The van der Waals surface area contributed by atoms with Crippen molar-refractivity contribution in [1.29, 1.82) is 31.6 Å². The van der Waals surface area contributed by atoms with E-state index in [9.17, 15) is 0 Å². The van der Waals surface area contributed by atoms with Crippen LogP contribution >= 0.6 is 0 Å². The van der Waals surface area contributed by atoms with Crippen molar-refractivity contribution in [2.45, 2.75) is 0 Å². The molecule has 15 heavy (non-hydrogen) atoms. The second-order valence-electron chi connectivity index (χ2n) is 0. The molecule has 0 saturated carbocycles. The van der Waals surface area contributed by atoms with Crippen LogP contribution in [0.15, 0.2) is 0 Å². The summed E-state index contributed by atoms with van der Waals surface area (Å²) in [7, 11) is 0. The van der Waals surface area contributed by atoms with Crippen LogP contribution in [0.25, 0.3) is 0 Å². The van der Waals surface area contributed by atoms with Crippen LogP contribution in [0.5, 0.6) is 0 Å². The maximum absolute atomic E-state index is 6.50. The summed E-state index contributed by atoms with van der Waals surface area (Å²) in [6, 6.07) is 0. The van der Waals surface area contributed by atoms with Crippen LogP contribution in [0.2, 0.25) is 0 Å². The van der Waals surface area contributed by atoms with E-state index < -0.39 is 0 Å². The molecule has 0 amide bonds. The second-order valence-corrected chi connectivity index (χ2v) is 0. The molecule has 0 rings (SSSR count). The van der Waals surface area contributed by atoms with Crippen LogP contribution in [0.3, 0.4) is 0 Å². The molecule has 9 heteroatoms. The van der Waals surface area contributed by atoms with E-state index in [0.717, 1.165) is 0 Å². The Morgan fingerprint density at radius 1 is 0.467 bits per heavy atom. The molecule has 0 saturated heterocycles. The summed E-state index contributed by atoms with van der Waals surface area (Å²) in [6.07, 6.45) is 0. The van der Waals surface area contributed by atoms with Crippen molar-refractivity contribution in [3.05, 3.63) is 0 Å². The van der Waals surface area contributed by atoms with Gasteiger partial charge < -0.3 is 1.43 Å². The summed E-state index contributed by atoms with van der Waals surface area (Å²) >= 11 is 0. The van der Waals surface area contributed by atoms with Crippen LogP contribution in [-0.2, 0) is 17.1 Å². The first-order valence-electron chi connectivity index (χ1n) is 1.55. The average molecular weight is 379 g/mol. The van der Waals surface area contributed by atoms with Gasteiger partial charge >= 0.3 is 75.3 Å². The van der Waals surface area contributed by atoms with Gasteiger partial charge in [0.15, 0.2) is 0 Å². The summed E-state index contributed by atoms with van der Waals surface area (Å²) in [5.41, 5.74) is 0. The van der Waals surface area contributed by atoms with E-state index in [-0.39, 0.29) is 93.8 Å². The first kappa shape index (κ1) is 82.8. The predicted molar refractivity (Wildman–Crippen MR) is 49.7 cm³/mol. The predicted octanol–water partition coefficient (Wildman–Crippen LogP) is -2.96. The maximum atomic E-state index is 6.50. The molecule has 0 bridgehead atoms. The summed E-state index contributed by atoms with van der Waals surface area (Å²) in [6.45, 7) is 21.0. The van der Waals surface area contributed by atoms with E-state index in [1.54, 1.807) is 0 Å². The fourth-order valence-corrected chi connectivity index (χ4v) is 0. The Kier molecular flexibility index (Phi) is 1150000. The third-order valence-corrected chi connectivity index (χ3v) is 0. The first-order chi connectivity index (χ1) is 6.00. The molecule has 2 radical (unpaired) electrons. The van der Waals surface area contributed by atoms with E-state index in [2.05, 4.69) is 39.4 Å². The molecule has 0 N–H and O–H groups in total. The Morgan fingerprint density at radius 3 is 0.467 bits per heavy atom. The fraction of sp³-hybridized carbons (Fsp3) is 0. The van der Waals surface area contributed by atoms with Crippen LogP contribution in [0.1, 0.15) is 1.43 Å². The standard InChI is InChI=1S/6CHN.Fe.K.Sn.3H/c6*1-2;;;;;;/h6*1H;;;;;;/q;;;;;;;+1;;;;-1. The number of hydrogen-bond acceptors (Lipinski definition) is 6. The zero-order chi connectivity index (χ0) is 12.0. The Labute approximate surface area is 162 Å². The molecule has 0 aromatic carbocycles. The fourth-order valence-electron chi connectivity index (χ4n) is 0. The van der Waals surface area contributed by atoms with Gasteiger partial charge in [0.1, 0.15) is 0 Å². The second kappa shape index (κ2) is 208000. The van der Waals surface area contributed by atoms with Crippen LogP contribution in [-0.4, -0.2) is 23.9 Å². The summed E-state index contributed by atoms with van der Waals surface area (Å²) < 4.78 is 0. The molecule has 76 valence electrons. The topological polar surface area (TPSA) is 143 Å². The monoisotopic (exact) mass is 380 g/mol. The van der Waals surface area contributed by atoms with Gasteiger partial charge in [-0.1, -0.05) is 0 Å². The van der Waals surface area contributed by atoms with Crippen molar-refractivity contribution < 1.29 is 69.9 Å². The molecule has 0 aliphatic rings. The summed E-state index contributed by atoms with van der Waals surface area (Å²) in [5, 5.41) is 39.0. The van der Waals surface area contributed by atoms with Crippen molar-refractivity contribution in [2.75, 3.05) is 0 Å². The number of nitriles is 6. The van der Waals surface area contributed by atoms with E-state index in [1.165, 1.54) is 0 Å². The van der Waals surface area contributed by atoms with Gasteiger partial charge in [0, 0.05) is 56.5 Å². The molecular weight excluding hydrogens is 370 g/mol. The van der Waals surface area contributed by atoms with Gasteiger partial charge in [-0.05, 0) is 0 Å². The van der Waals surface area contributed by atoms with Gasteiger partial charge in [-0.2, -0.15) is 0 Å². The zero-order valence-electron chi connectivity index (χ0n) is 9.21. The molecule has 6 nitrogen and oxygen atoms in total. The number of rotatable bonds is 0. The first-order valence-corrected chi connectivity index (χ1v) is 1.55. The molecule has 0 aliphatic carbocycles.